The Labute approximate surface area is 154 Å². The molecule has 0 atom stereocenters. The monoisotopic (exact) mass is 377 g/mol. The molecule has 0 unspecified atom stereocenters. The number of hydrogen-bond acceptors (Lipinski definition) is 8. The van der Waals surface area contributed by atoms with Gasteiger partial charge in [-0.05, 0) is 26.3 Å². The molecular formula is C17H19N3O7. The SMILES string of the molecule is COc1cc([N+](=O)[O-])ccc1NC(=O)COC(=O)CCc1c(C)noc1C. The van der Waals surface area contributed by atoms with Gasteiger partial charge in [-0.3, -0.25) is 19.7 Å². The lowest BCUT2D eigenvalue weighted by molar-refractivity contribution is -0.384. The summed E-state index contributed by atoms with van der Waals surface area (Å²) in [6.07, 6.45) is 0.481. The third kappa shape index (κ3) is 5.27. The molecule has 0 aliphatic heterocycles. The molecule has 0 aliphatic carbocycles. The van der Waals surface area contributed by atoms with Crippen molar-refractivity contribution in [3.63, 3.8) is 0 Å². The van der Waals surface area contributed by atoms with Crippen molar-refractivity contribution in [2.24, 2.45) is 0 Å². The molecule has 1 amide bonds. The number of esters is 1. The number of anilines is 1. The van der Waals surface area contributed by atoms with E-state index in [1.165, 1.54) is 25.3 Å². The summed E-state index contributed by atoms with van der Waals surface area (Å²) in [5.74, 6) is -0.362. The molecule has 1 aromatic carbocycles. The number of nitro groups is 1. The Kier molecular flexibility index (Phi) is 6.47. The lowest BCUT2D eigenvalue weighted by Crippen LogP contribution is -2.21. The lowest BCUT2D eigenvalue weighted by Gasteiger charge is -2.10. The highest BCUT2D eigenvalue weighted by Gasteiger charge is 2.15. The molecule has 1 aromatic heterocycles. The topological polar surface area (TPSA) is 134 Å². The number of hydrogen-bond donors (Lipinski definition) is 1. The molecule has 0 spiro atoms. The van der Waals surface area contributed by atoms with Gasteiger partial charge in [-0.15, -0.1) is 0 Å². The Morgan fingerprint density at radius 2 is 2.07 bits per heavy atom. The zero-order valence-electron chi connectivity index (χ0n) is 15.1. The van der Waals surface area contributed by atoms with Gasteiger partial charge in [-0.1, -0.05) is 5.16 Å². The first-order chi connectivity index (χ1) is 12.8. The van der Waals surface area contributed by atoms with Crippen molar-refractivity contribution in [3.8, 4) is 5.75 Å². The highest BCUT2D eigenvalue weighted by molar-refractivity contribution is 5.94. The number of aryl methyl sites for hydroxylation is 2. The summed E-state index contributed by atoms with van der Waals surface area (Å²) in [4.78, 5) is 33.9. The van der Waals surface area contributed by atoms with Crippen LogP contribution in [0.1, 0.15) is 23.4 Å². The number of amides is 1. The fourth-order valence-electron chi connectivity index (χ4n) is 2.39. The highest BCUT2D eigenvalue weighted by Crippen LogP contribution is 2.28. The first-order valence-electron chi connectivity index (χ1n) is 8.01. The lowest BCUT2D eigenvalue weighted by atomic mass is 10.1. The Morgan fingerprint density at radius 1 is 1.33 bits per heavy atom. The first-order valence-corrected chi connectivity index (χ1v) is 8.01. The van der Waals surface area contributed by atoms with E-state index in [1.807, 2.05) is 0 Å². The predicted octanol–water partition coefficient (Wildman–Crippen LogP) is 2.32. The summed E-state index contributed by atoms with van der Waals surface area (Å²) in [6, 6.07) is 3.76. The van der Waals surface area contributed by atoms with Crippen LogP contribution < -0.4 is 10.1 Å². The normalized spacial score (nSPS) is 10.3. The summed E-state index contributed by atoms with van der Waals surface area (Å²) in [7, 11) is 1.32. The van der Waals surface area contributed by atoms with Gasteiger partial charge in [0, 0.05) is 18.1 Å². The maximum atomic E-state index is 11.9. The molecule has 0 fully saturated rings. The largest absolute Gasteiger partial charge is 0.494 e. The molecule has 1 N–H and O–H groups in total. The maximum Gasteiger partial charge on any atom is 0.306 e. The molecule has 0 aliphatic rings. The van der Waals surface area contributed by atoms with Crippen molar-refractivity contribution in [2.45, 2.75) is 26.7 Å². The molecule has 27 heavy (non-hydrogen) atoms. The zero-order chi connectivity index (χ0) is 20.0. The standard InChI is InChI=1S/C17H19N3O7/c1-10-13(11(2)27-19-10)5-7-17(22)26-9-16(21)18-14-6-4-12(20(23)24)8-15(14)25-3/h4,6,8H,5,7,9H2,1-3H3,(H,18,21). The summed E-state index contributed by atoms with van der Waals surface area (Å²) >= 11 is 0. The maximum absolute atomic E-state index is 11.9. The minimum Gasteiger partial charge on any atom is -0.494 e. The van der Waals surface area contributed by atoms with Gasteiger partial charge in [0.1, 0.15) is 11.5 Å². The zero-order valence-corrected chi connectivity index (χ0v) is 15.1. The van der Waals surface area contributed by atoms with Gasteiger partial charge in [0.15, 0.2) is 6.61 Å². The average molecular weight is 377 g/mol. The Bertz CT molecular complexity index is 841. The minimum absolute atomic E-state index is 0.0804. The van der Waals surface area contributed by atoms with Crippen LogP contribution in [0.5, 0.6) is 5.75 Å². The van der Waals surface area contributed by atoms with Crippen LogP contribution in [0.2, 0.25) is 0 Å². The van der Waals surface area contributed by atoms with Gasteiger partial charge >= 0.3 is 5.97 Å². The van der Waals surface area contributed by atoms with E-state index in [1.54, 1.807) is 13.8 Å². The number of nitro benzene ring substituents is 1. The van der Waals surface area contributed by atoms with Crippen LogP contribution in [-0.4, -0.2) is 35.7 Å². The Hall–Kier alpha value is -3.43. The van der Waals surface area contributed by atoms with Gasteiger partial charge in [0.05, 0.1) is 29.5 Å². The Balaban J connectivity index is 1.85. The van der Waals surface area contributed by atoms with Crippen molar-refractivity contribution in [1.29, 1.82) is 0 Å². The van der Waals surface area contributed by atoms with Crippen LogP contribution >= 0.6 is 0 Å². The summed E-state index contributed by atoms with van der Waals surface area (Å²) in [5.41, 5.74) is 1.62. The van der Waals surface area contributed by atoms with E-state index in [-0.39, 0.29) is 23.5 Å². The summed E-state index contributed by atoms with van der Waals surface area (Å²) < 4.78 is 15.0. The van der Waals surface area contributed by atoms with Crippen LogP contribution in [0.3, 0.4) is 0 Å². The van der Waals surface area contributed by atoms with Gasteiger partial charge in [0.2, 0.25) is 0 Å². The van der Waals surface area contributed by atoms with Crippen molar-refractivity contribution >= 4 is 23.3 Å². The molecular weight excluding hydrogens is 358 g/mol. The molecule has 144 valence electrons. The van der Waals surface area contributed by atoms with Crippen molar-refractivity contribution in [2.75, 3.05) is 19.0 Å². The second-order valence-electron chi connectivity index (χ2n) is 5.65. The second-order valence-corrected chi connectivity index (χ2v) is 5.65. The minimum atomic E-state index is -0.590. The predicted molar refractivity (Wildman–Crippen MR) is 93.5 cm³/mol. The van der Waals surface area contributed by atoms with Crippen molar-refractivity contribution < 1.29 is 28.5 Å². The van der Waals surface area contributed by atoms with Crippen molar-refractivity contribution in [3.05, 3.63) is 45.3 Å². The van der Waals surface area contributed by atoms with Gasteiger partial charge in [-0.25, -0.2) is 0 Å². The third-order valence-corrected chi connectivity index (χ3v) is 3.79. The number of nitrogens with one attached hydrogen (secondary N) is 1. The van der Waals surface area contributed by atoms with Crippen LogP contribution in [-0.2, 0) is 20.7 Å². The van der Waals surface area contributed by atoms with E-state index < -0.39 is 23.4 Å². The second kappa shape index (κ2) is 8.79. The van der Waals surface area contributed by atoms with E-state index in [0.717, 1.165) is 5.56 Å². The smallest absolute Gasteiger partial charge is 0.306 e. The average Bonchev–Trinajstić information content (AvgIpc) is 2.96. The van der Waals surface area contributed by atoms with E-state index in [2.05, 4.69) is 10.5 Å². The Morgan fingerprint density at radius 3 is 2.67 bits per heavy atom. The number of benzene rings is 1. The van der Waals surface area contributed by atoms with E-state index in [4.69, 9.17) is 14.0 Å². The molecule has 2 rings (SSSR count). The summed E-state index contributed by atoms with van der Waals surface area (Å²) in [6.45, 7) is 3.05. The molecule has 2 aromatic rings. The molecule has 0 saturated heterocycles. The number of carbonyl (C=O) groups excluding carboxylic acids is 2. The molecule has 0 bridgehead atoms. The van der Waals surface area contributed by atoms with Crippen LogP contribution in [0, 0.1) is 24.0 Å². The van der Waals surface area contributed by atoms with Crippen LogP contribution in [0.4, 0.5) is 11.4 Å². The van der Waals surface area contributed by atoms with E-state index >= 15 is 0 Å². The van der Waals surface area contributed by atoms with Crippen LogP contribution in [0.15, 0.2) is 22.7 Å². The third-order valence-electron chi connectivity index (χ3n) is 3.79. The number of rotatable bonds is 8. The van der Waals surface area contributed by atoms with Gasteiger partial charge in [-0.2, -0.15) is 0 Å². The van der Waals surface area contributed by atoms with E-state index in [0.29, 0.717) is 17.9 Å². The van der Waals surface area contributed by atoms with Gasteiger partial charge < -0.3 is 19.3 Å². The quantitative estimate of drug-likeness (QED) is 0.421. The molecule has 0 saturated carbocycles. The fourth-order valence-corrected chi connectivity index (χ4v) is 2.39. The molecule has 10 heteroatoms. The number of nitrogens with zero attached hydrogens (tertiary/aromatic N) is 2. The number of ether oxygens (including phenoxy) is 2. The highest BCUT2D eigenvalue weighted by atomic mass is 16.6. The number of non-ortho nitro benzene ring substituents is 1. The molecule has 0 radical (unpaired) electrons. The fraction of sp³-hybridized carbons (Fsp3) is 0.353. The number of aromatic nitrogens is 1. The number of methoxy groups -OCH3 is 1. The van der Waals surface area contributed by atoms with Gasteiger partial charge in [0.25, 0.3) is 11.6 Å². The first kappa shape index (κ1) is 19.9. The van der Waals surface area contributed by atoms with E-state index in [9.17, 15) is 19.7 Å². The van der Waals surface area contributed by atoms with Crippen molar-refractivity contribution in [1.82, 2.24) is 5.16 Å². The molecule has 1 heterocycles. The van der Waals surface area contributed by atoms with Crippen LogP contribution in [0.25, 0.3) is 0 Å². The summed E-state index contributed by atoms with van der Waals surface area (Å²) in [5, 5.41) is 17.0. The number of carbonyl (C=O) groups is 2. The molecule has 10 nitrogen and oxygen atoms in total.